The molecule has 0 aromatic carbocycles. The molecule has 0 amide bonds. The third-order valence-corrected chi connectivity index (χ3v) is 3.19. The Kier molecular flexibility index (Phi) is 2.94. The third-order valence-electron chi connectivity index (χ3n) is 3.19. The largest absolute Gasteiger partial charge is 0.327 e. The van der Waals surface area contributed by atoms with Crippen LogP contribution in [0.4, 0.5) is 0 Å². The van der Waals surface area contributed by atoms with Crippen LogP contribution in [0.2, 0.25) is 0 Å². The van der Waals surface area contributed by atoms with E-state index >= 15 is 0 Å². The van der Waals surface area contributed by atoms with Gasteiger partial charge in [0.25, 0.3) is 0 Å². The topological polar surface area (TPSA) is 26.0 Å². The summed E-state index contributed by atoms with van der Waals surface area (Å²) >= 11 is 0. The molecule has 1 rings (SSSR count). The molecule has 3 atom stereocenters. The minimum Gasteiger partial charge on any atom is -0.327 e. The van der Waals surface area contributed by atoms with Gasteiger partial charge in [0.15, 0.2) is 0 Å². The van der Waals surface area contributed by atoms with Crippen LogP contribution in [0.1, 0.15) is 40.0 Å². The Morgan fingerprint density at radius 3 is 2.27 bits per heavy atom. The van der Waals surface area contributed by atoms with E-state index in [0.29, 0.717) is 12.0 Å². The Morgan fingerprint density at radius 1 is 1.27 bits per heavy atom. The maximum atomic E-state index is 6.11. The molecule has 0 aromatic heterocycles. The van der Waals surface area contributed by atoms with E-state index in [-0.39, 0.29) is 0 Å². The van der Waals surface area contributed by atoms with E-state index in [2.05, 4.69) is 20.8 Å². The van der Waals surface area contributed by atoms with Crippen LogP contribution in [0.3, 0.4) is 0 Å². The average Bonchev–Trinajstić information content (AvgIpc) is 2.33. The fraction of sp³-hybridized carbons (Fsp3) is 1.00. The molecule has 1 heteroatoms. The van der Waals surface area contributed by atoms with Gasteiger partial charge in [-0.1, -0.05) is 33.6 Å². The van der Waals surface area contributed by atoms with E-state index in [4.69, 9.17) is 5.73 Å². The van der Waals surface area contributed by atoms with Crippen LogP contribution >= 0.6 is 0 Å². The molecule has 0 saturated heterocycles. The lowest BCUT2D eigenvalue weighted by Crippen LogP contribution is -2.36. The first kappa shape index (κ1) is 9.05. The van der Waals surface area contributed by atoms with Crippen molar-refractivity contribution >= 4 is 0 Å². The van der Waals surface area contributed by atoms with Gasteiger partial charge in [0.2, 0.25) is 0 Å². The van der Waals surface area contributed by atoms with Crippen molar-refractivity contribution < 1.29 is 0 Å². The molecular weight excluding hydrogens is 134 g/mol. The summed E-state index contributed by atoms with van der Waals surface area (Å²) in [4.78, 5) is 0. The summed E-state index contributed by atoms with van der Waals surface area (Å²) in [6.45, 7) is 6.81. The molecule has 1 aliphatic carbocycles. The lowest BCUT2D eigenvalue weighted by atomic mass is 9.85. The fourth-order valence-electron chi connectivity index (χ4n) is 2.24. The van der Waals surface area contributed by atoms with Gasteiger partial charge in [-0.3, -0.25) is 0 Å². The Hall–Kier alpha value is -0.0400. The Morgan fingerprint density at radius 2 is 1.91 bits per heavy atom. The summed E-state index contributed by atoms with van der Waals surface area (Å²) in [5.41, 5.74) is 6.11. The van der Waals surface area contributed by atoms with Gasteiger partial charge in [-0.05, 0) is 24.2 Å². The minimum absolute atomic E-state index is 0.438. The Bertz CT molecular complexity index is 120. The zero-order chi connectivity index (χ0) is 8.43. The molecule has 0 aliphatic heterocycles. The van der Waals surface area contributed by atoms with Gasteiger partial charge in [0.1, 0.15) is 0 Å². The normalized spacial score (nSPS) is 34.6. The summed E-state index contributed by atoms with van der Waals surface area (Å²) < 4.78 is 0. The van der Waals surface area contributed by atoms with E-state index in [1.54, 1.807) is 0 Å². The third kappa shape index (κ3) is 1.96. The monoisotopic (exact) mass is 155 g/mol. The molecular formula is C10H21N. The summed E-state index contributed by atoms with van der Waals surface area (Å²) in [7, 11) is 0. The van der Waals surface area contributed by atoms with Gasteiger partial charge in [0, 0.05) is 6.04 Å². The molecule has 1 nitrogen and oxygen atoms in total. The van der Waals surface area contributed by atoms with E-state index in [1.807, 2.05) is 0 Å². The van der Waals surface area contributed by atoms with Crippen molar-refractivity contribution in [2.75, 3.05) is 0 Å². The molecule has 66 valence electrons. The van der Waals surface area contributed by atoms with Crippen molar-refractivity contribution in [1.29, 1.82) is 0 Å². The summed E-state index contributed by atoms with van der Waals surface area (Å²) in [5.74, 6) is 2.32. The number of rotatable bonds is 2. The second-order valence-electron chi connectivity index (χ2n) is 4.39. The maximum Gasteiger partial charge on any atom is 0.00929 e. The molecule has 0 bridgehead atoms. The predicted molar refractivity (Wildman–Crippen MR) is 49.3 cm³/mol. The molecule has 1 saturated carbocycles. The fourth-order valence-corrected chi connectivity index (χ4v) is 2.24. The van der Waals surface area contributed by atoms with E-state index < -0.39 is 0 Å². The summed E-state index contributed by atoms with van der Waals surface area (Å²) in [6.07, 6.45) is 4.15. The molecule has 1 fully saturated rings. The highest BCUT2D eigenvalue weighted by atomic mass is 14.7. The van der Waals surface area contributed by atoms with Crippen LogP contribution in [0, 0.1) is 17.8 Å². The molecule has 11 heavy (non-hydrogen) atoms. The predicted octanol–water partition coefficient (Wildman–Crippen LogP) is 2.41. The second-order valence-corrected chi connectivity index (χ2v) is 4.39. The smallest absolute Gasteiger partial charge is 0.00929 e. The first-order valence-electron chi connectivity index (χ1n) is 4.88. The van der Waals surface area contributed by atoms with Crippen molar-refractivity contribution in [3.8, 4) is 0 Å². The zero-order valence-corrected chi connectivity index (χ0v) is 8.01. The van der Waals surface area contributed by atoms with Crippen LogP contribution < -0.4 is 5.73 Å². The minimum atomic E-state index is 0.438. The molecule has 3 unspecified atom stereocenters. The molecule has 1 aliphatic rings. The van der Waals surface area contributed by atoms with Crippen LogP contribution in [0.15, 0.2) is 0 Å². The van der Waals surface area contributed by atoms with Crippen molar-refractivity contribution in [1.82, 2.24) is 0 Å². The highest BCUT2D eigenvalue weighted by molar-refractivity contribution is 4.84. The SMILES string of the molecule is CC(C)C(N)C1CCCC1C. The Labute approximate surface area is 70.4 Å². The van der Waals surface area contributed by atoms with Gasteiger partial charge in [-0.25, -0.2) is 0 Å². The van der Waals surface area contributed by atoms with Gasteiger partial charge in [-0.2, -0.15) is 0 Å². The summed E-state index contributed by atoms with van der Waals surface area (Å²) in [5, 5.41) is 0. The number of hydrogen-bond acceptors (Lipinski definition) is 1. The first-order chi connectivity index (χ1) is 5.13. The highest BCUT2D eigenvalue weighted by Crippen LogP contribution is 2.34. The number of nitrogens with two attached hydrogens (primary N) is 1. The zero-order valence-electron chi connectivity index (χ0n) is 8.01. The van der Waals surface area contributed by atoms with Crippen molar-refractivity contribution in [3.63, 3.8) is 0 Å². The average molecular weight is 155 g/mol. The van der Waals surface area contributed by atoms with Crippen molar-refractivity contribution in [3.05, 3.63) is 0 Å². The maximum absolute atomic E-state index is 6.11. The highest BCUT2D eigenvalue weighted by Gasteiger charge is 2.29. The van der Waals surface area contributed by atoms with Crippen LogP contribution in [-0.2, 0) is 0 Å². The molecule has 0 spiro atoms. The van der Waals surface area contributed by atoms with Gasteiger partial charge in [-0.15, -0.1) is 0 Å². The molecule has 0 aromatic rings. The van der Waals surface area contributed by atoms with Crippen LogP contribution in [-0.4, -0.2) is 6.04 Å². The standard InChI is InChI=1S/C10H21N/c1-7(2)10(11)9-6-4-5-8(9)3/h7-10H,4-6,11H2,1-3H3. The molecule has 2 N–H and O–H groups in total. The second kappa shape index (κ2) is 3.57. The van der Waals surface area contributed by atoms with Crippen LogP contribution in [0.25, 0.3) is 0 Å². The van der Waals surface area contributed by atoms with E-state index in [0.717, 1.165) is 11.8 Å². The molecule has 0 heterocycles. The van der Waals surface area contributed by atoms with E-state index in [1.165, 1.54) is 19.3 Å². The molecule has 0 radical (unpaired) electrons. The van der Waals surface area contributed by atoms with Gasteiger partial charge in [0.05, 0.1) is 0 Å². The lowest BCUT2D eigenvalue weighted by molar-refractivity contribution is 0.289. The van der Waals surface area contributed by atoms with E-state index in [9.17, 15) is 0 Å². The summed E-state index contributed by atoms with van der Waals surface area (Å²) in [6, 6.07) is 0.438. The first-order valence-corrected chi connectivity index (χ1v) is 4.88. The van der Waals surface area contributed by atoms with Crippen LogP contribution in [0.5, 0.6) is 0 Å². The number of hydrogen-bond donors (Lipinski definition) is 1. The lowest BCUT2D eigenvalue weighted by Gasteiger charge is -2.26. The quantitative estimate of drug-likeness (QED) is 0.651. The van der Waals surface area contributed by atoms with Crippen molar-refractivity contribution in [2.24, 2.45) is 23.5 Å². The van der Waals surface area contributed by atoms with Gasteiger partial charge < -0.3 is 5.73 Å². The van der Waals surface area contributed by atoms with Gasteiger partial charge >= 0.3 is 0 Å². The van der Waals surface area contributed by atoms with Crippen molar-refractivity contribution in [2.45, 2.75) is 46.1 Å². The Balaban J connectivity index is 2.45.